The quantitative estimate of drug-likeness (QED) is 0.375. The molecule has 0 fully saturated rings. The molecule has 1 aliphatic rings. The van der Waals surface area contributed by atoms with Gasteiger partial charge in [-0.1, -0.05) is 61.3 Å². The van der Waals surface area contributed by atoms with Crippen molar-refractivity contribution in [1.29, 1.82) is 0 Å². The summed E-state index contributed by atoms with van der Waals surface area (Å²) in [5.41, 5.74) is 3.73. The van der Waals surface area contributed by atoms with Gasteiger partial charge >= 0.3 is 0 Å². The number of benzene rings is 3. The fourth-order valence-electron chi connectivity index (χ4n) is 3.65. The van der Waals surface area contributed by atoms with Crippen LogP contribution in [-0.4, -0.2) is 17.7 Å². The highest BCUT2D eigenvalue weighted by Gasteiger charge is 2.39. The van der Waals surface area contributed by atoms with Crippen molar-refractivity contribution in [3.05, 3.63) is 99.2 Å². The minimum atomic E-state index is -0.655. The Bertz CT molecular complexity index is 1360. The second-order valence-electron chi connectivity index (χ2n) is 8.50. The van der Waals surface area contributed by atoms with E-state index >= 15 is 0 Å². The molecule has 0 spiro atoms. The number of imide groups is 1. The van der Waals surface area contributed by atoms with Crippen LogP contribution in [-0.2, 0) is 9.59 Å². The number of rotatable bonds is 6. The van der Waals surface area contributed by atoms with Crippen LogP contribution in [0.5, 0.6) is 0 Å². The summed E-state index contributed by atoms with van der Waals surface area (Å²) in [5.74, 6) is -1.18. The van der Waals surface area contributed by atoms with Crippen molar-refractivity contribution in [2.24, 2.45) is 0 Å². The molecule has 6 nitrogen and oxygen atoms in total. The van der Waals surface area contributed by atoms with Crippen LogP contribution < -0.4 is 15.5 Å². The fourth-order valence-corrected chi connectivity index (χ4v) is 4.05. The smallest absolute Gasteiger partial charge is 0.283 e. The molecule has 0 bridgehead atoms. The lowest BCUT2D eigenvalue weighted by molar-refractivity contribution is -0.120. The van der Waals surface area contributed by atoms with Crippen LogP contribution in [0.2, 0.25) is 5.02 Å². The first-order chi connectivity index (χ1) is 16.7. The number of anilines is 3. The molecule has 3 aromatic rings. The average Bonchev–Trinajstić information content (AvgIpc) is 3.03. The molecule has 2 N–H and O–H groups in total. The molecule has 3 amide bonds. The Balaban J connectivity index is 1.55. The maximum Gasteiger partial charge on any atom is 0.283 e. The largest absolute Gasteiger partial charge is 0.349 e. The first kappa shape index (κ1) is 24.5. The Morgan fingerprint density at radius 3 is 2.29 bits per heavy atom. The lowest BCUT2D eigenvalue weighted by Crippen LogP contribution is -2.32. The monoisotopic (exact) mass is 507 g/mol. The summed E-state index contributed by atoms with van der Waals surface area (Å²) < 4.78 is 0. The third kappa shape index (κ3) is 5.09. The molecule has 3 aromatic carbocycles. The Labute approximate surface area is 213 Å². The van der Waals surface area contributed by atoms with Crippen molar-refractivity contribution >= 4 is 58.0 Å². The Hall–Kier alpha value is -3.61. The molecule has 1 heterocycles. The van der Waals surface area contributed by atoms with E-state index in [4.69, 9.17) is 23.2 Å². The summed E-state index contributed by atoms with van der Waals surface area (Å²) in [4.78, 5) is 39.6. The van der Waals surface area contributed by atoms with Gasteiger partial charge in [-0.15, -0.1) is 0 Å². The van der Waals surface area contributed by atoms with Crippen LogP contribution in [0.4, 0.5) is 17.1 Å². The third-order valence-electron chi connectivity index (χ3n) is 5.69. The van der Waals surface area contributed by atoms with E-state index in [9.17, 15) is 14.4 Å². The molecule has 178 valence electrons. The van der Waals surface area contributed by atoms with Gasteiger partial charge in [0, 0.05) is 22.0 Å². The second-order valence-corrected chi connectivity index (χ2v) is 9.31. The van der Waals surface area contributed by atoms with Crippen molar-refractivity contribution in [3.63, 3.8) is 0 Å². The number of amides is 3. The summed E-state index contributed by atoms with van der Waals surface area (Å²) >= 11 is 12.3. The molecule has 0 radical (unpaired) electrons. The minimum Gasteiger partial charge on any atom is -0.349 e. The van der Waals surface area contributed by atoms with Gasteiger partial charge < -0.3 is 10.6 Å². The number of halogens is 2. The normalized spacial score (nSPS) is 13.6. The van der Waals surface area contributed by atoms with Gasteiger partial charge in [0.2, 0.25) is 0 Å². The highest BCUT2D eigenvalue weighted by molar-refractivity contribution is 6.53. The average molecular weight is 508 g/mol. The maximum atomic E-state index is 13.1. The van der Waals surface area contributed by atoms with Crippen molar-refractivity contribution in [3.8, 4) is 0 Å². The van der Waals surface area contributed by atoms with Crippen LogP contribution >= 0.6 is 23.2 Å². The number of hydrogen-bond acceptors (Lipinski definition) is 4. The molecule has 8 heteroatoms. The Morgan fingerprint density at radius 1 is 0.914 bits per heavy atom. The molecule has 35 heavy (non-hydrogen) atoms. The van der Waals surface area contributed by atoms with Gasteiger partial charge in [-0.2, -0.15) is 0 Å². The molecule has 0 unspecified atom stereocenters. The lowest BCUT2D eigenvalue weighted by atomic mass is 10.0. The first-order valence-electron chi connectivity index (χ1n) is 11.0. The van der Waals surface area contributed by atoms with Crippen molar-refractivity contribution < 1.29 is 14.4 Å². The van der Waals surface area contributed by atoms with E-state index in [1.165, 1.54) is 11.6 Å². The van der Waals surface area contributed by atoms with Crippen molar-refractivity contribution in [2.45, 2.75) is 26.7 Å². The first-order valence-corrected chi connectivity index (χ1v) is 11.7. The Kier molecular flexibility index (Phi) is 6.96. The summed E-state index contributed by atoms with van der Waals surface area (Å²) in [6, 6.07) is 19.1. The zero-order chi connectivity index (χ0) is 25.3. The van der Waals surface area contributed by atoms with Gasteiger partial charge in [-0.05, 0) is 66.4 Å². The van der Waals surface area contributed by atoms with Gasteiger partial charge in [0.05, 0.1) is 5.69 Å². The molecular formula is C27H23Cl2N3O3. The number of carbonyl (C=O) groups is 3. The van der Waals surface area contributed by atoms with Crippen LogP contribution in [0.15, 0.2) is 77.5 Å². The minimum absolute atomic E-state index is 0.0680. The highest BCUT2D eigenvalue weighted by Crippen LogP contribution is 2.32. The number of aryl methyl sites for hydroxylation is 1. The van der Waals surface area contributed by atoms with Crippen molar-refractivity contribution in [2.75, 3.05) is 15.5 Å². The fraction of sp³-hybridized carbons (Fsp3) is 0.148. The third-order valence-corrected chi connectivity index (χ3v) is 6.27. The van der Waals surface area contributed by atoms with Crippen LogP contribution in [0.25, 0.3) is 0 Å². The predicted octanol–water partition coefficient (Wildman–Crippen LogP) is 6.46. The molecule has 0 aliphatic carbocycles. The standard InChI is InChI=1S/C27H23Cl2N3O3/c1-15(2)17-9-11-20(12-10-17)30-25(33)18-8-7-16(3)22(13-18)31-24-23(29)26(34)32(27(24)35)21-6-4-5-19(28)14-21/h4-15,31H,1-3H3,(H,30,33). The molecule has 0 aromatic heterocycles. The second kappa shape index (κ2) is 9.94. The molecule has 1 aliphatic heterocycles. The van der Waals surface area contributed by atoms with E-state index in [1.807, 2.05) is 31.2 Å². The Morgan fingerprint density at radius 2 is 1.63 bits per heavy atom. The van der Waals surface area contributed by atoms with Crippen molar-refractivity contribution in [1.82, 2.24) is 0 Å². The summed E-state index contributed by atoms with van der Waals surface area (Å²) in [7, 11) is 0. The van der Waals surface area contributed by atoms with E-state index in [0.29, 0.717) is 33.6 Å². The predicted molar refractivity (Wildman–Crippen MR) is 140 cm³/mol. The summed E-state index contributed by atoms with van der Waals surface area (Å²) in [6.45, 7) is 6.03. The number of carbonyl (C=O) groups excluding carboxylic acids is 3. The van der Waals surface area contributed by atoms with Crippen LogP contribution in [0.1, 0.15) is 41.3 Å². The molecule has 0 atom stereocenters. The molecule has 0 saturated heterocycles. The number of hydrogen-bond donors (Lipinski definition) is 2. The van der Waals surface area contributed by atoms with E-state index in [-0.39, 0.29) is 16.6 Å². The van der Waals surface area contributed by atoms with E-state index in [1.54, 1.807) is 36.4 Å². The van der Waals surface area contributed by atoms with E-state index in [2.05, 4.69) is 24.5 Å². The van der Waals surface area contributed by atoms with E-state index < -0.39 is 11.8 Å². The number of nitrogens with zero attached hydrogens (tertiary/aromatic N) is 1. The van der Waals surface area contributed by atoms with E-state index in [0.717, 1.165) is 10.5 Å². The van der Waals surface area contributed by atoms with Gasteiger partial charge in [-0.3, -0.25) is 14.4 Å². The zero-order valence-corrected chi connectivity index (χ0v) is 20.9. The summed E-state index contributed by atoms with van der Waals surface area (Å²) in [6.07, 6.45) is 0. The van der Waals surface area contributed by atoms with Gasteiger partial charge in [-0.25, -0.2) is 4.90 Å². The lowest BCUT2D eigenvalue weighted by Gasteiger charge is -2.16. The molecular weight excluding hydrogens is 485 g/mol. The topological polar surface area (TPSA) is 78.5 Å². The van der Waals surface area contributed by atoms with Gasteiger partial charge in [0.25, 0.3) is 17.7 Å². The zero-order valence-electron chi connectivity index (χ0n) is 19.4. The maximum absolute atomic E-state index is 13.1. The summed E-state index contributed by atoms with van der Waals surface area (Å²) in [5, 5.41) is 5.97. The highest BCUT2D eigenvalue weighted by atomic mass is 35.5. The molecule has 0 saturated carbocycles. The van der Waals surface area contributed by atoms with Gasteiger partial charge in [0.1, 0.15) is 10.7 Å². The number of nitrogens with one attached hydrogen (secondary N) is 2. The van der Waals surface area contributed by atoms with Crippen LogP contribution in [0.3, 0.4) is 0 Å². The molecule has 4 rings (SSSR count). The van der Waals surface area contributed by atoms with Crippen LogP contribution in [0, 0.1) is 6.92 Å². The van der Waals surface area contributed by atoms with Gasteiger partial charge in [0.15, 0.2) is 0 Å². The SMILES string of the molecule is Cc1ccc(C(=O)Nc2ccc(C(C)C)cc2)cc1NC1=C(Cl)C(=O)N(c2cccc(Cl)c2)C1=O.